The molecule has 0 spiro atoms. The Morgan fingerprint density at radius 2 is 2.05 bits per heavy atom. The van der Waals surface area contributed by atoms with Crippen LogP contribution in [0.25, 0.3) is 0 Å². The lowest BCUT2D eigenvalue weighted by molar-refractivity contribution is -0.126. The van der Waals surface area contributed by atoms with Crippen LogP contribution in [0.3, 0.4) is 0 Å². The van der Waals surface area contributed by atoms with Gasteiger partial charge in [-0.15, -0.1) is 0 Å². The van der Waals surface area contributed by atoms with Crippen LogP contribution in [0.4, 0.5) is 18.9 Å². The molecule has 0 saturated carbocycles. The van der Waals surface area contributed by atoms with E-state index in [4.69, 9.17) is 0 Å². The molecule has 1 atom stereocenters. The van der Waals surface area contributed by atoms with Crippen LogP contribution < -0.4 is 10.6 Å². The lowest BCUT2D eigenvalue weighted by Gasteiger charge is -2.21. The Hall–Kier alpha value is -2.05. The second-order valence-electron chi connectivity index (χ2n) is 4.28. The highest BCUT2D eigenvalue weighted by atomic mass is 19.2. The van der Waals surface area contributed by atoms with Gasteiger partial charge in [-0.25, -0.2) is 13.2 Å². The van der Waals surface area contributed by atoms with E-state index >= 15 is 0 Å². The van der Waals surface area contributed by atoms with Gasteiger partial charge in [0, 0.05) is 25.1 Å². The minimum Gasteiger partial charge on any atom is -0.355 e. The van der Waals surface area contributed by atoms with Crippen LogP contribution in [0.15, 0.2) is 12.1 Å². The van der Waals surface area contributed by atoms with E-state index in [1.165, 1.54) is 0 Å². The number of halogens is 3. The molecular weight excluding hydrogens is 261 g/mol. The van der Waals surface area contributed by atoms with Crippen molar-refractivity contribution in [3.8, 4) is 0 Å². The highest BCUT2D eigenvalue weighted by Crippen LogP contribution is 2.21. The summed E-state index contributed by atoms with van der Waals surface area (Å²) in [4.78, 5) is 22.7. The van der Waals surface area contributed by atoms with Crippen LogP contribution in [0, 0.1) is 23.4 Å². The van der Waals surface area contributed by atoms with Crippen molar-refractivity contribution in [3.05, 3.63) is 29.6 Å². The topological polar surface area (TPSA) is 58.2 Å². The number of hydrogen-bond donors (Lipinski definition) is 2. The molecule has 2 amide bonds. The second kappa shape index (κ2) is 5.29. The summed E-state index contributed by atoms with van der Waals surface area (Å²) in [6, 6.07) is 1.10. The average molecular weight is 272 g/mol. The van der Waals surface area contributed by atoms with Gasteiger partial charge >= 0.3 is 0 Å². The number of nitrogens with one attached hydrogen (secondary N) is 2. The van der Waals surface area contributed by atoms with Crippen LogP contribution in [0.1, 0.15) is 12.8 Å². The molecule has 1 aromatic rings. The van der Waals surface area contributed by atoms with E-state index in [2.05, 4.69) is 10.6 Å². The molecule has 1 saturated heterocycles. The molecule has 4 nitrogen and oxygen atoms in total. The van der Waals surface area contributed by atoms with E-state index in [0.29, 0.717) is 18.6 Å². The Labute approximate surface area is 107 Å². The van der Waals surface area contributed by atoms with Gasteiger partial charge in [0.25, 0.3) is 0 Å². The fraction of sp³-hybridized carbons (Fsp3) is 0.333. The van der Waals surface area contributed by atoms with Gasteiger partial charge in [-0.2, -0.15) is 0 Å². The third-order valence-electron chi connectivity index (χ3n) is 2.89. The zero-order valence-electron chi connectivity index (χ0n) is 9.80. The predicted molar refractivity (Wildman–Crippen MR) is 60.7 cm³/mol. The Morgan fingerprint density at radius 1 is 1.32 bits per heavy atom. The minimum absolute atomic E-state index is 0.129. The maximum atomic E-state index is 13.3. The number of amides is 2. The van der Waals surface area contributed by atoms with Crippen molar-refractivity contribution in [3.63, 3.8) is 0 Å². The van der Waals surface area contributed by atoms with Crippen LogP contribution >= 0.6 is 0 Å². The number of rotatable bonds is 2. The van der Waals surface area contributed by atoms with Gasteiger partial charge in [0.15, 0.2) is 11.6 Å². The monoisotopic (exact) mass is 272 g/mol. The molecule has 2 N–H and O–H groups in total. The van der Waals surface area contributed by atoms with Crippen molar-refractivity contribution in [2.75, 3.05) is 11.9 Å². The first kappa shape index (κ1) is 13.4. The molecule has 1 aliphatic heterocycles. The summed E-state index contributed by atoms with van der Waals surface area (Å²) in [5.41, 5.74) is -0.542. The van der Waals surface area contributed by atoms with Crippen molar-refractivity contribution in [2.24, 2.45) is 5.92 Å². The fourth-order valence-corrected chi connectivity index (χ4v) is 1.84. The first-order valence-corrected chi connectivity index (χ1v) is 5.69. The molecule has 0 bridgehead atoms. The predicted octanol–water partition coefficient (Wildman–Crippen LogP) is 1.57. The molecule has 19 heavy (non-hydrogen) atoms. The molecule has 102 valence electrons. The summed E-state index contributed by atoms with van der Waals surface area (Å²) in [7, 11) is 0. The quantitative estimate of drug-likeness (QED) is 0.803. The lowest BCUT2D eigenvalue weighted by atomic mass is 9.98. The van der Waals surface area contributed by atoms with Gasteiger partial charge in [-0.05, 0) is 6.42 Å². The highest BCUT2D eigenvalue weighted by molar-refractivity contribution is 5.94. The first-order valence-electron chi connectivity index (χ1n) is 5.69. The molecule has 1 unspecified atom stereocenters. The Bertz CT molecular complexity index is 524. The van der Waals surface area contributed by atoms with Crippen molar-refractivity contribution < 1.29 is 22.8 Å². The smallest absolute Gasteiger partial charge is 0.229 e. The van der Waals surface area contributed by atoms with E-state index in [1.807, 2.05) is 0 Å². The van der Waals surface area contributed by atoms with Crippen LogP contribution in [0.5, 0.6) is 0 Å². The van der Waals surface area contributed by atoms with Crippen LogP contribution in [-0.2, 0) is 9.59 Å². The van der Waals surface area contributed by atoms with Crippen LogP contribution in [-0.4, -0.2) is 18.4 Å². The third-order valence-corrected chi connectivity index (χ3v) is 2.89. The molecule has 1 aliphatic rings. The Kier molecular flexibility index (Phi) is 3.73. The average Bonchev–Trinajstić information content (AvgIpc) is 2.36. The summed E-state index contributed by atoms with van der Waals surface area (Å²) in [6.45, 7) is 0.129. The molecule has 7 heteroatoms. The summed E-state index contributed by atoms with van der Waals surface area (Å²) in [5, 5.41) is 4.63. The zero-order valence-corrected chi connectivity index (χ0v) is 9.80. The normalized spacial score (nSPS) is 18.9. The number of benzene rings is 1. The molecule has 2 rings (SSSR count). The van der Waals surface area contributed by atoms with Crippen molar-refractivity contribution in [2.45, 2.75) is 12.8 Å². The molecule has 1 heterocycles. The number of carbonyl (C=O) groups is 2. The number of hydrogen-bond acceptors (Lipinski definition) is 2. The van der Waals surface area contributed by atoms with Gasteiger partial charge in [-0.1, -0.05) is 0 Å². The van der Waals surface area contributed by atoms with Crippen molar-refractivity contribution >= 4 is 17.5 Å². The number of anilines is 1. The standard InChI is InChI=1S/C12H11F3N2O2/c13-7-3-8(14)11(15)9(4-7)17-12(19)6-1-2-10(18)16-5-6/h3-4,6H,1-2,5H2,(H,16,18)(H,17,19). The third kappa shape index (κ3) is 3.04. The van der Waals surface area contributed by atoms with Crippen molar-refractivity contribution in [1.82, 2.24) is 5.32 Å². The Morgan fingerprint density at radius 3 is 2.68 bits per heavy atom. The second-order valence-corrected chi connectivity index (χ2v) is 4.28. The maximum absolute atomic E-state index is 13.3. The van der Waals surface area contributed by atoms with Gasteiger partial charge in [0.1, 0.15) is 5.82 Å². The molecule has 1 fully saturated rings. The van der Waals surface area contributed by atoms with Gasteiger partial charge in [0.05, 0.1) is 11.6 Å². The van der Waals surface area contributed by atoms with Gasteiger partial charge < -0.3 is 10.6 Å². The zero-order chi connectivity index (χ0) is 14.0. The summed E-state index contributed by atoms with van der Waals surface area (Å²) in [6.07, 6.45) is 0.509. The number of piperidine rings is 1. The lowest BCUT2D eigenvalue weighted by Crippen LogP contribution is -2.40. The SMILES string of the molecule is O=C1CCC(C(=O)Nc2cc(F)cc(F)c2F)CN1. The highest BCUT2D eigenvalue weighted by Gasteiger charge is 2.25. The molecule has 0 aliphatic carbocycles. The van der Waals surface area contributed by atoms with E-state index in [0.717, 1.165) is 0 Å². The Balaban J connectivity index is 2.09. The summed E-state index contributed by atoms with van der Waals surface area (Å²) >= 11 is 0. The van der Waals surface area contributed by atoms with Gasteiger partial charge in [-0.3, -0.25) is 9.59 Å². The molecule has 0 aromatic heterocycles. The van der Waals surface area contributed by atoms with Gasteiger partial charge in [0.2, 0.25) is 11.8 Å². The molecular formula is C12H11F3N2O2. The fourth-order valence-electron chi connectivity index (χ4n) is 1.84. The molecule has 1 aromatic carbocycles. The van der Waals surface area contributed by atoms with Crippen LogP contribution in [0.2, 0.25) is 0 Å². The van der Waals surface area contributed by atoms with Crippen molar-refractivity contribution in [1.29, 1.82) is 0 Å². The van der Waals surface area contributed by atoms with E-state index in [-0.39, 0.29) is 18.9 Å². The van der Waals surface area contributed by atoms with E-state index < -0.39 is 35.0 Å². The molecule has 0 radical (unpaired) electrons. The van der Waals surface area contributed by atoms with E-state index in [9.17, 15) is 22.8 Å². The summed E-state index contributed by atoms with van der Waals surface area (Å²) < 4.78 is 39.2. The van der Waals surface area contributed by atoms with E-state index in [1.54, 1.807) is 0 Å². The number of carbonyl (C=O) groups excluding carboxylic acids is 2. The minimum atomic E-state index is -1.37. The largest absolute Gasteiger partial charge is 0.355 e. The first-order chi connectivity index (χ1) is 8.97. The summed E-state index contributed by atoms with van der Waals surface area (Å²) in [5.74, 6) is -4.94. The maximum Gasteiger partial charge on any atom is 0.229 e.